The van der Waals surface area contributed by atoms with Gasteiger partial charge in [-0.1, -0.05) is 24.3 Å². The molecule has 1 N–H and O–H groups in total. The molecule has 0 amide bonds. The van der Waals surface area contributed by atoms with Crippen molar-refractivity contribution in [3.8, 4) is 0 Å². The van der Waals surface area contributed by atoms with Gasteiger partial charge in [0.05, 0.1) is 6.10 Å². The summed E-state index contributed by atoms with van der Waals surface area (Å²) in [6.07, 6.45) is 7.59. The van der Waals surface area contributed by atoms with E-state index in [1.54, 1.807) is 0 Å². The highest BCUT2D eigenvalue weighted by molar-refractivity contribution is 5.31. The van der Waals surface area contributed by atoms with Gasteiger partial charge in [-0.25, -0.2) is 4.98 Å². The van der Waals surface area contributed by atoms with Crippen molar-refractivity contribution < 1.29 is 5.11 Å². The van der Waals surface area contributed by atoms with Gasteiger partial charge in [-0.15, -0.1) is 0 Å². The molecular formula is C16H20N2O. The Morgan fingerprint density at radius 2 is 2.21 bits per heavy atom. The van der Waals surface area contributed by atoms with E-state index in [2.05, 4.69) is 27.8 Å². The first kappa shape index (κ1) is 12.4. The van der Waals surface area contributed by atoms with Crippen LogP contribution in [0.3, 0.4) is 0 Å². The predicted octanol–water partition coefficient (Wildman–Crippen LogP) is 2.65. The number of aromatic nitrogens is 2. The Bertz CT molecular complexity index is 561. The molecule has 100 valence electrons. The Hall–Kier alpha value is -1.61. The number of hydrogen-bond donors (Lipinski definition) is 1. The molecule has 0 spiro atoms. The van der Waals surface area contributed by atoms with Gasteiger partial charge in [-0.05, 0) is 36.3 Å². The number of benzene rings is 1. The summed E-state index contributed by atoms with van der Waals surface area (Å²) in [5.41, 5.74) is 2.43. The maximum Gasteiger partial charge on any atom is 0.108 e. The topological polar surface area (TPSA) is 38.0 Å². The van der Waals surface area contributed by atoms with Crippen molar-refractivity contribution in [2.75, 3.05) is 0 Å². The lowest BCUT2D eigenvalue weighted by Gasteiger charge is -2.30. The molecular weight excluding hydrogens is 236 g/mol. The zero-order valence-electron chi connectivity index (χ0n) is 11.3. The number of aliphatic hydroxyl groups excluding tert-OH is 1. The van der Waals surface area contributed by atoms with Crippen LogP contribution in [0.5, 0.6) is 0 Å². The van der Waals surface area contributed by atoms with Crippen LogP contribution in [0.2, 0.25) is 0 Å². The molecule has 1 aromatic heterocycles. The summed E-state index contributed by atoms with van der Waals surface area (Å²) >= 11 is 0. The van der Waals surface area contributed by atoms with E-state index >= 15 is 0 Å². The van der Waals surface area contributed by atoms with Crippen LogP contribution in [0.25, 0.3) is 0 Å². The van der Waals surface area contributed by atoms with Crippen molar-refractivity contribution in [1.82, 2.24) is 9.55 Å². The number of hydrogen-bond acceptors (Lipinski definition) is 2. The van der Waals surface area contributed by atoms with Crippen LogP contribution in [0.1, 0.15) is 35.9 Å². The van der Waals surface area contributed by atoms with E-state index in [9.17, 15) is 5.11 Å². The van der Waals surface area contributed by atoms with E-state index < -0.39 is 0 Å². The summed E-state index contributed by atoms with van der Waals surface area (Å²) in [7, 11) is 2.02. The number of aryl methyl sites for hydroxylation is 3. The van der Waals surface area contributed by atoms with Crippen LogP contribution < -0.4 is 0 Å². The zero-order chi connectivity index (χ0) is 13.2. The maximum atomic E-state index is 10.5. The van der Waals surface area contributed by atoms with Gasteiger partial charge in [-0.3, -0.25) is 0 Å². The Kier molecular flexibility index (Phi) is 3.38. The van der Waals surface area contributed by atoms with Crippen molar-refractivity contribution in [1.29, 1.82) is 0 Å². The third-order valence-electron chi connectivity index (χ3n) is 4.26. The van der Waals surface area contributed by atoms with Gasteiger partial charge >= 0.3 is 0 Å². The van der Waals surface area contributed by atoms with Crippen LogP contribution in [0.15, 0.2) is 36.7 Å². The van der Waals surface area contributed by atoms with Gasteiger partial charge < -0.3 is 9.67 Å². The number of fused-ring (bicyclic) bond motifs is 1. The van der Waals surface area contributed by atoms with Gasteiger partial charge in [0.2, 0.25) is 0 Å². The van der Waals surface area contributed by atoms with E-state index in [1.165, 1.54) is 5.56 Å². The third kappa shape index (κ3) is 2.43. The molecule has 1 aliphatic carbocycles. The molecule has 3 rings (SSSR count). The molecule has 2 unspecified atom stereocenters. The normalized spacial score (nSPS) is 22.2. The fourth-order valence-corrected chi connectivity index (χ4v) is 3.06. The van der Waals surface area contributed by atoms with Crippen LogP contribution in [-0.4, -0.2) is 14.7 Å². The molecule has 0 aliphatic heterocycles. The van der Waals surface area contributed by atoms with Crippen molar-refractivity contribution in [3.63, 3.8) is 0 Å². The Labute approximate surface area is 113 Å². The molecule has 0 bridgehead atoms. The van der Waals surface area contributed by atoms with E-state index in [-0.39, 0.29) is 6.10 Å². The second-order valence-corrected chi connectivity index (χ2v) is 5.44. The smallest absolute Gasteiger partial charge is 0.108 e. The Morgan fingerprint density at radius 3 is 3.00 bits per heavy atom. The average molecular weight is 256 g/mol. The van der Waals surface area contributed by atoms with Crippen molar-refractivity contribution in [2.24, 2.45) is 13.0 Å². The number of aliphatic hydroxyl groups is 1. The highest BCUT2D eigenvalue weighted by Crippen LogP contribution is 2.36. The first-order chi connectivity index (χ1) is 9.25. The standard InChI is InChI=1S/C16H20N2O/c1-18-11-10-17-15(18)9-8-13-7-6-12-4-2-3-5-14(12)16(13)19/h2-5,10-11,13,16,19H,6-9H2,1H3. The third-order valence-corrected chi connectivity index (χ3v) is 4.26. The first-order valence-electron chi connectivity index (χ1n) is 6.98. The van der Waals surface area contributed by atoms with Gasteiger partial charge in [0.25, 0.3) is 0 Å². The largest absolute Gasteiger partial charge is 0.388 e. The minimum Gasteiger partial charge on any atom is -0.388 e. The molecule has 0 saturated heterocycles. The highest BCUT2D eigenvalue weighted by Gasteiger charge is 2.27. The SMILES string of the molecule is Cn1ccnc1CCC1CCc2ccccc2C1O. The molecule has 0 saturated carbocycles. The van der Waals surface area contributed by atoms with Crippen LogP contribution in [0.4, 0.5) is 0 Å². The van der Waals surface area contributed by atoms with E-state index in [4.69, 9.17) is 0 Å². The molecule has 0 fully saturated rings. The number of rotatable bonds is 3. The molecule has 3 heteroatoms. The van der Waals surface area contributed by atoms with Crippen LogP contribution in [-0.2, 0) is 19.9 Å². The summed E-state index contributed by atoms with van der Waals surface area (Å²) in [6, 6.07) is 8.27. The van der Waals surface area contributed by atoms with Crippen molar-refractivity contribution in [2.45, 2.75) is 31.8 Å². The molecule has 2 atom stereocenters. The molecule has 1 aliphatic rings. The van der Waals surface area contributed by atoms with E-state index in [1.807, 2.05) is 25.5 Å². The molecule has 1 heterocycles. The van der Waals surface area contributed by atoms with Gasteiger partial charge in [0, 0.05) is 25.9 Å². The fourth-order valence-electron chi connectivity index (χ4n) is 3.06. The Morgan fingerprint density at radius 1 is 1.37 bits per heavy atom. The minimum atomic E-state index is -0.315. The zero-order valence-corrected chi connectivity index (χ0v) is 11.3. The monoisotopic (exact) mass is 256 g/mol. The first-order valence-corrected chi connectivity index (χ1v) is 6.98. The van der Waals surface area contributed by atoms with Crippen LogP contribution in [0, 0.1) is 5.92 Å². The second-order valence-electron chi connectivity index (χ2n) is 5.44. The minimum absolute atomic E-state index is 0.315. The average Bonchev–Trinajstić information content (AvgIpc) is 2.84. The molecule has 3 nitrogen and oxygen atoms in total. The lowest BCUT2D eigenvalue weighted by Crippen LogP contribution is -2.21. The molecule has 2 aromatic rings. The van der Waals surface area contributed by atoms with Crippen molar-refractivity contribution >= 4 is 0 Å². The summed E-state index contributed by atoms with van der Waals surface area (Å²) in [4.78, 5) is 4.35. The fraction of sp³-hybridized carbons (Fsp3) is 0.438. The number of imidazole rings is 1. The van der Waals surface area contributed by atoms with E-state index in [0.717, 1.165) is 37.1 Å². The van der Waals surface area contributed by atoms with Gasteiger partial charge in [0.15, 0.2) is 0 Å². The summed E-state index contributed by atoms with van der Waals surface area (Å²) in [5.74, 6) is 1.46. The summed E-state index contributed by atoms with van der Waals surface area (Å²) in [5, 5.41) is 10.5. The highest BCUT2D eigenvalue weighted by atomic mass is 16.3. The predicted molar refractivity (Wildman–Crippen MR) is 74.7 cm³/mol. The maximum absolute atomic E-state index is 10.5. The summed E-state index contributed by atoms with van der Waals surface area (Å²) < 4.78 is 2.06. The van der Waals surface area contributed by atoms with Crippen LogP contribution >= 0.6 is 0 Å². The second kappa shape index (κ2) is 5.17. The van der Waals surface area contributed by atoms with Crippen molar-refractivity contribution in [3.05, 3.63) is 53.6 Å². The molecule has 0 radical (unpaired) electrons. The number of nitrogens with zero attached hydrogens (tertiary/aromatic N) is 2. The molecule has 19 heavy (non-hydrogen) atoms. The van der Waals surface area contributed by atoms with Gasteiger partial charge in [-0.2, -0.15) is 0 Å². The lowest BCUT2D eigenvalue weighted by atomic mass is 9.79. The Balaban J connectivity index is 1.69. The lowest BCUT2D eigenvalue weighted by molar-refractivity contribution is 0.0883. The quantitative estimate of drug-likeness (QED) is 0.916. The summed E-state index contributed by atoms with van der Waals surface area (Å²) in [6.45, 7) is 0. The van der Waals surface area contributed by atoms with Gasteiger partial charge in [0.1, 0.15) is 5.82 Å². The van der Waals surface area contributed by atoms with E-state index in [0.29, 0.717) is 5.92 Å². The molecule has 1 aromatic carbocycles.